The predicted octanol–water partition coefficient (Wildman–Crippen LogP) is 3.25. The lowest BCUT2D eigenvalue weighted by molar-refractivity contribution is -0.141. The molecule has 2 aliphatic rings. The van der Waals surface area contributed by atoms with Crippen LogP contribution < -0.4 is 5.32 Å². The van der Waals surface area contributed by atoms with Gasteiger partial charge >= 0.3 is 5.97 Å². The average molecular weight is 281 g/mol. The second-order valence-electron chi connectivity index (χ2n) is 6.71. The lowest BCUT2D eigenvalue weighted by Crippen LogP contribution is -2.40. The molecule has 2 fully saturated rings. The Balaban J connectivity index is 1.89. The molecule has 20 heavy (non-hydrogen) atoms. The summed E-state index contributed by atoms with van der Waals surface area (Å²) in [5.41, 5.74) is -0.289. The van der Waals surface area contributed by atoms with Gasteiger partial charge < -0.3 is 10.4 Å². The number of carbonyl (C=O) groups excluding carboxylic acids is 1. The summed E-state index contributed by atoms with van der Waals surface area (Å²) in [4.78, 5) is 23.4. The van der Waals surface area contributed by atoms with Crippen molar-refractivity contribution in [1.82, 2.24) is 5.32 Å². The van der Waals surface area contributed by atoms with E-state index in [1.807, 2.05) is 0 Å². The van der Waals surface area contributed by atoms with Crippen LogP contribution in [0.25, 0.3) is 0 Å². The van der Waals surface area contributed by atoms with E-state index in [1.165, 1.54) is 25.7 Å². The van der Waals surface area contributed by atoms with E-state index in [0.717, 1.165) is 38.5 Å². The van der Waals surface area contributed by atoms with Gasteiger partial charge in [-0.1, -0.05) is 38.5 Å². The van der Waals surface area contributed by atoms with E-state index >= 15 is 0 Å². The Kier molecular flexibility index (Phi) is 5.44. The van der Waals surface area contributed by atoms with Gasteiger partial charge in [-0.3, -0.25) is 9.59 Å². The van der Waals surface area contributed by atoms with Crippen molar-refractivity contribution in [3.05, 3.63) is 0 Å². The van der Waals surface area contributed by atoms with Crippen LogP contribution in [0.5, 0.6) is 0 Å². The SMILES string of the molecule is O=C(O)CC1(CC(=O)NC2CCCCC2)CCCCC1. The molecule has 2 aliphatic carbocycles. The van der Waals surface area contributed by atoms with E-state index in [9.17, 15) is 9.59 Å². The van der Waals surface area contributed by atoms with Crippen LogP contribution in [-0.4, -0.2) is 23.0 Å². The van der Waals surface area contributed by atoms with Crippen LogP contribution in [0.1, 0.15) is 77.0 Å². The molecule has 0 aromatic carbocycles. The first-order valence-electron chi connectivity index (χ1n) is 8.11. The minimum atomic E-state index is -0.766. The third kappa shape index (κ3) is 4.50. The van der Waals surface area contributed by atoms with Gasteiger partial charge in [-0.05, 0) is 31.1 Å². The summed E-state index contributed by atoms with van der Waals surface area (Å²) in [6.45, 7) is 0. The van der Waals surface area contributed by atoms with Gasteiger partial charge in [-0.2, -0.15) is 0 Å². The Morgan fingerprint density at radius 3 is 2.15 bits per heavy atom. The van der Waals surface area contributed by atoms with Crippen LogP contribution in [-0.2, 0) is 9.59 Å². The fourth-order valence-corrected chi connectivity index (χ4v) is 3.90. The average Bonchev–Trinajstić information content (AvgIpc) is 2.39. The lowest BCUT2D eigenvalue weighted by Gasteiger charge is -2.36. The van der Waals surface area contributed by atoms with E-state index in [-0.39, 0.29) is 17.7 Å². The number of rotatable bonds is 5. The summed E-state index contributed by atoms with van der Waals surface area (Å²) in [5, 5.41) is 12.3. The molecule has 2 saturated carbocycles. The second-order valence-corrected chi connectivity index (χ2v) is 6.71. The molecule has 0 aromatic heterocycles. The van der Waals surface area contributed by atoms with Crippen molar-refractivity contribution in [2.24, 2.45) is 5.41 Å². The van der Waals surface area contributed by atoms with Crippen LogP contribution in [0.3, 0.4) is 0 Å². The minimum Gasteiger partial charge on any atom is -0.481 e. The van der Waals surface area contributed by atoms with E-state index in [4.69, 9.17) is 5.11 Å². The quantitative estimate of drug-likeness (QED) is 0.813. The predicted molar refractivity (Wildman–Crippen MR) is 77.4 cm³/mol. The maximum atomic E-state index is 12.3. The fourth-order valence-electron chi connectivity index (χ4n) is 3.90. The number of nitrogens with one attached hydrogen (secondary N) is 1. The fraction of sp³-hybridized carbons (Fsp3) is 0.875. The van der Waals surface area contributed by atoms with Gasteiger partial charge in [-0.15, -0.1) is 0 Å². The molecule has 0 radical (unpaired) electrons. The molecular formula is C16H27NO3. The van der Waals surface area contributed by atoms with Crippen molar-refractivity contribution in [3.8, 4) is 0 Å². The summed E-state index contributed by atoms with van der Waals surface area (Å²) in [6, 6.07) is 0.321. The zero-order valence-electron chi connectivity index (χ0n) is 12.3. The molecule has 2 N–H and O–H groups in total. The molecule has 114 valence electrons. The number of hydrogen-bond acceptors (Lipinski definition) is 2. The summed E-state index contributed by atoms with van der Waals surface area (Å²) in [5.74, 6) is -0.697. The number of carboxylic acid groups (broad SMARTS) is 1. The van der Waals surface area contributed by atoms with Crippen molar-refractivity contribution in [3.63, 3.8) is 0 Å². The minimum absolute atomic E-state index is 0.0695. The number of amides is 1. The molecule has 0 unspecified atom stereocenters. The van der Waals surface area contributed by atoms with Crippen molar-refractivity contribution in [2.75, 3.05) is 0 Å². The number of carboxylic acids is 1. The van der Waals surface area contributed by atoms with Gasteiger partial charge in [0.15, 0.2) is 0 Å². The van der Waals surface area contributed by atoms with Crippen LogP contribution in [0.4, 0.5) is 0 Å². The van der Waals surface area contributed by atoms with Crippen LogP contribution in [0.15, 0.2) is 0 Å². The van der Waals surface area contributed by atoms with Crippen LogP contribution >= 0.6 is 0 Å². The van der Waals surface area contributed by atoms with Gasteiger partial charge in [0, 0.05) is 12.5 Å². The second kappa shape index (κ2) is 7.09. The van der Waals surface area contributed by atoms with Gasteiger partial charge in [0.05, 0.1) is 6.42 Å². The molecule has 0 saturated heterocycles. The zero-order valence-corrected chi connectivity index (χ0v) is 12.3. The molecule has 2 rings (SSSR count). The van der Waals surface area contributed by atoms with Crippen molar-refractivity contribution >= 4 is 11.9 Å². The highest BCUT2D eigenvalue weighted by molar-refractivity contribution is 5.78. The van der Waals surface area contributed by atoms with Crippen molar-refractivity contribution < 1.29 is 14.7 Å². The third-order valence-corrected chi connectivity index (χ3v) is 4.95. The van der Waals surface area contributed by atoms with Crippen LogP contribution in [0.2, 0.25) is 0 Å². The molecule has 1 amide bonds. The summed E-state index contributed by atoms with van der Waals surface area (Å²) in [6.07, 6.45) is 11.4. The first-order chi connectivity index (χ1) is 9.60. The molecular weight excluding hydrogens is 254 g/mol. The molecule has 0 aliphatic heterocycles. The maximum absolute atomic E-state index is 12.3. The highest BCUT2D eigenvalue weighted by Crippen LogP contribution is 2.42. The largest absolute Gasteiger partial charge is 0.481 e. The highest BCUT2D eigenvalue weighted by Gasteiger charge is 2.36. The normalized spacial score (nSPS) is 23.2. The first kappa shape index (κ1) is 15.3. The van der Waals surface area contributed by atoms with E-state index < -0.39 is 5.97 Å². The van der Waals surface area contributed by atoms with Crippen molar-refractivity contribution in [1.29, 1.82) is 0 Å². The van der Waals surface area contributed by atoms with E-state index in [2.05, 4.69) is 5.32 Å². The van der Waals surface area contributed by atoms with Gasteiger partial charge in [0.1, 0.15) is 0 Å². The third-order valence-electron chi connectivity index (χ3n) is 4.95. The number of hydrogen-bond donors (Lipinski definition) is 2. The molecule has 0 bridgehead atoms. The smallest absolute Gasteiger partial charge is 0.303 e. The van der Waals surface area contributed by atoms with Gasteiger partial charge in [0.25, 0.3) is 0 Å². The van der Waals surface area contributed by atoms with Crippen molar-refractivity contribution in [2.45, 2.75) is 83.1 Å². The summed E-state index contributed by atoms with van der Waals surface area (Å²) in [7, 11) is 0. The Bertz CT molecular complexity index is 342. The number of carbonyl (C=O) groups is 2. The molecule has 0 heterocycles. The zero-order chi connectivity index (χ0) is 14.4. The van der Waals surface area contributed by atoms with Crippen LogP contribution in [0, 0.1) is 5.41 Å². The standard InChI is InChI=1S/C16H27NO3/c18-14(17-13-7-3-1-4-8-13)11-16(12-15(19)20)9-5-2-6-10-16/h13H,1-12H2,(H,17,18)(H,19,20). The Morgan fingerprint density at radius 2 is 1.55 bits per heavy atom. The monoisotopic (exact) mass is 281 g/mol. The number of aliphatic carboxylic acids is 1. The topological polar surface area (TPSA) is 66.4 Å². The van der Waals surface area contributed by atoms with Gasteiger partial charge in [-0.25, -0.2) is 0 Å². The van der Waals surface area contributed by atoms with Gasteiger partial charge in [0.2, 0.25) is 5.91 Å². The summed E-state index contributed by atoms with van der Waals surface area (Å²) < 4.78 is 0. The van der Waals surface area contributed by atoms with E-state index in [0.29, 0.717) is 12.5 Å². The van der Waals surface area contributed by atoms with E-state index in [1.54, 1.807) is 0 Å². The Morgan fingerprint density at radius 1 is 0.950 bits per heavy atom. The Hall–Kier alpha value is -1.06. The molecule has 0 atom stereocenters. The molecule has 0 aromatic rings. The Labute approximate surface area is 121 Å². The molecule has 0 spiro atoms. The molecule has 4 nitrogen and oxygen atoms in total. The first-order valence-corrected chi connectivity index (χ1v) is 8.11. The highest BCUT2D eigenvalue weighted by atomic mass is 16.4. The lowest BCUT2D eigenvalue weighted by atomic mass is 9.69. The summed E-state index contributed by atoms with van der Waals surface area (Å²) >= 11 is 0. The maximum Gasteiger partial charge on any atom is 0.303 e. The molecule has 4 heteroatoms.